The molecule has 1 aromatic carbocycles. The van der Waals surface area contributed by atoms with Crippen LogP contribution in [0.5, 0.6) is 0 Å². The molecular formula is C18H15FN2O2. The van der Waals surface area contributed by atoms with Gasteiger partial charge < -0.3 is 4.52 Å². The molecule has 116 valence electrons. The van der Waals surface area contributed by atoms with Crippen molar-refractivity contribution in [2.45, 2.75) is 19.8 Å². The van der Waals surface area contributed by atoms with Gasteiger partial charge in [0.2, 0.25) is 0 Å². The molecule has 0 saturated carbocycles. The zero-order chi connectivity index (χ0) is 16.2. The van der Waals surface area contributed by atoms with Crippen LogP contribution in [0.25, 0.3) is 11.3 Å². The Morgan fingerprint density at radius 1 is 1.17 bits per heavy atom. The van der Waals surface area contributed by atoms with E-state index in [2.05, 4.69) is 10.1 Å². The molecule has 0 saturated heterocycles. The number of rotatable bonds is 5. The maximum atomic E-state index is 12.9. The standard InChI is InChI=1S/C18H15FN2O2/c1-12-2-3-14(11-20-12)18(22)9-8-16-10-17(21-23-16)13-4-6-15(19)7-5-13/h2-7,10-11H,8-9H2,1H3. The predicted molar refractivity (Wildman–Crippen MR) is 83.5 cm³/mol. The van der Waals surface area contributed by atoms with Crippen molar-refractivity contribution in [3.8, 4) is 11.3 Å². The highest BCUT2D eigenvalue weighted by Crippen LogP contribution is 2.20. The fraction of sp³-hybridized carbons (Fsp3) is 0.167. The Labute approximate surface area is 133 Å². The van der Waals surface area contributed by atoms with Gasteiger partial charge in [-0.2, -0.15) is 0 Å². The highest BCUT2D eigenvalue weighted by Gasteiger charge is 2.11. The third kappa shape index (κ3) is 3.69. The molecule has 0 aliphatic heterocycles. The fourth-order valence-corrected chi connectivity index (χ4v) is 2.20. The second kappa shape index (κ2) is 6.52. The summed E-state index contributed by atoms with van der Waals surface area (Å²) in [4.78, 5) is 16.2. The summed E-state index contributed by atoms with van der Waals surface area (Å²) < 4.78 is 18.2. The number of nitrogens with zero attached hydrogens (tertiary/aromatic N) is 2. The van der Waals surface area contributed by atoms with Crippen molar-refractivity contribution in [2.75, 3.05) is 0 Å². The molecule has 23 heavy (non-hydrogen) atoms. The summed E-state index contributed by atoms with van der Waals surface area (Å²) in [7, 11) is 0. The van der Waals surface area contributed by atoms with Crippen LogP contribution in [0.1, 0.15) is 28.2 Å². The van der Waals surface area contributed by atoms with Crippen molar-refractivity contribution in [1.29, 1.82) is 0 Å². The molecule has 5 heteroatoms. The number of halogens is 1. The summed E-state index contributed by atoms with van der Waals surface area (Å²) in [5, 5.41) is 3.96. The molecule has 3 aromatic rings. The van der Waals surface area contributed by atoms with Gasteiger partial charge in [0.1, 0.15) is 17.3 Å². The van der Waals surface area contributed by atoms with Crippen molar-refractivity contribution in [3.63, 3.8) is 0 Å². The third-order valence-corrected chi connectivity index (χ3v) is 3.53. The molecule has 0 aliphatic carbocycles. The van der Waals surface area contributed by atoms with Crippen LogP contribution in [-0.2, 0) is 6.42 Å². The lowest BCUT2D eigenvalue weighted by atomic mass is 10.1. The van der Waals surface area contributed by atoms with Crippen LogP contribution in [0.2, 0.25) is 0 Å². The number of ketones is 1. The molecule has 2 aromatic heterocycles. The minimum absolute atomic E-state index is 0.0113. The molecule has 3 rings (SSSR count). The first-order chi connectivity index (χ1) is 11.1. The van der Waals surface area contributed by atoms with E-state index in [1.165, 1.54) is 12.1 Å². The molecular weight excluding hydrogens is 295 g/mol. The largest absolute Gasteiger partial charge is 0.361 e. The lowest BCUT2D eigenvalue weighted by molar-refractivity contribution is 0.0980. The molecule has 2 heterocycles. The highest BCUT2D eigenvalue weighted by atomic mass is 19.1. The summed E-state index contributed by atoms with van der Waals surface area (Å²) in [6.45, 7) is 1.87. The van der Waals surface area contributed by atoms with Crippen molar-refractivity contribution >= 4 is 5.78 Å². The highest BCUT2D eigenvalue weighted by molar-refractivity contribution is 5.95. The van der Waals surface area contributed by atoms with E-state index in [1.807, 2.05) is 13.0 Å². The van der Waals surface area contributed by atoms with Crippen molar-refractivity contribution in [3.05, 3.63) is 71.5 Å². The van der Waals surface area contributed by atoms with Crippen LogP contribution in [0.3, 0.4) is 0 Å². The number of Topliss-reactive ketones (excluding diaryl/α,β-unsaturated/α-hetero) is 1. The minimum Gasteiger partial charge on any atom is -0.361 e. The van der Waals surface area contributed by atoms with Gasteiger partial charge in [-0.25, -0.2) is 4.39 Å². The van der Waals surface area contributed by atoms with E-state index in [0.29, 0.717) is 29.9 Å². The SMILES string of the molecule is Cc1ccc(C(=O)CCc2cc(-c3ccc(F)cc3)no2)cn1. The summed E-state index contributed by atoms with van der Waals surface area (Å²) in [5.74, 6) is 0.338. The van der Waals surface area contributed by atoms with Gasteiger partial charge in [0, 0.05) is 41.9 Å². The number of benzene rings is 1. The lowest BCUT2D eigenvalue weighted by Gasteiger charge is -1.99. The van der Waals surface area contributed by atoms with Crippen LogP contribution in [0, 0.1) is 12.7 Å². The van der Waals surface area contributed by atoms with E-state index in [4.69, 9.17) is 4.52 Å². The van der Waals surface area contributed by atoms with Crippen LogP contribution in [-0.4, -0.2) is 15.9 Å². The molecule has 0 N–H and O–H groups in total. The number of aromatic nitrogens is 2. The quantitative estimate of drug-likeness (QED) is 0.668. The van der Waals surface area contributed by atoms with Gasteiger partial charge in [-0.05, 0) is 43.3 Å². The molecule has 0 amide bonds. The lowest BCUT2D eigenvalue weighted by Crippen LogP contribution is -2.01. The summed E-state index contributed by atoms with van der Waals surface area (Å²) >= 11 is 0. The zero-order valence-electron chi connectivity index (χ0n) is 12.6. The fourth-order valence-electron chi connectivity index (χ4n) is 2.20. The predicted octanol–water partition coefficient (Wildman–Crippen LogP) is 4.00. The van der Waals surface area contributed by atoms with Gasteiger partial charge in [0.05, 0.1) is 0 Å². The van der Waals surface area contributed by atoms with Gasteiger partial charge in [-0.1, -0.05) is 5.16 Å². The molecule has 0 radical (unpaired) electrons. The molecule has 0 bridgehead atoms. The van der Waals surface area contributed by atoms with Crippen molar-refractivity contribution in [1.82, 2.24) is 10.1 Å². The second-order valence-electron chi connectivity index (χ2n) is 5.30. The molecule has 0 spiro atoms. The Morgan fingerprint density at radius 2 is 1.96 bits per heavy atom. The van der Waals surface area contributed by atoms with Gasteiger partial charge >= 0.3 is 0 Å². The molecule has 4 nitrogen and oxygen atoms in total. The van der Waals surface area contributed by atoms with E-state index in [9.17, 15) is 9.18 Å². The number of hydrogen-bond donors (Lipinski definition) is 0. The number of carbonyl (C=O) groups excluding carboxylic acids is 1. The van der Waals surface area contributed by atoms with E-state index < -0.39 is 0 Å². The number of carbonyl (C=O) groups is 1. The van der Waals surface area contributed by atoms with E-state index in [1.54, 1.807) is 30.5 Å². The summed E-state index contributed by atoms with van der Waals surface area (Å²) in [5.41, 5.74) is 2.87. The number of hydrogen-bond acceptors (Lipinski definition) is 4. The Hall–Kier alpha value is -2.82. The monoisotopic (exact) mass is 310 g/mol. The first kappa shape index (κ1) is 15.1. The average Bonchev–Trinajstić information content (AvgIpc) is 3.03. The van der Waals surface area contributed by atoms with Gasteiger partial charge in [-0.15, -0.1) is 0 Å². The Balaban J connectivity index is 1.64. The van der Waals surface area contributed by atoms with Gasteiger partial charge in [0.15, 0.2) is 5.78 Å². The van der Waals surface area contributed by atoms with Crippen LogP contribution >= 0.6 is 0 Å². The average molecular weight is 310 g/mol. The third-order valence-electron chi connectivity index (χ3n) is 3.53. The maximum Gasteiger partial charge on any atom is 0.164 e. The Morgan fingerprint density at radius 3 is 2.65 bits per heavy atom. The van der Waals surface area contributed by atoms with E-state index in [0.717, 1.165) is 11.3 Å². The van der Waals surface area contributed by atoms with Gasteiger partial charge in [0.25, 0.3) is 0 Å². The van der Waals surface area contributed by atoms with Crippen molar-refractivity contribution in [2.24, 2.45) is 0 Å². The molecule has 0 atom stereocenters. The zero-order valence-corrected chi connectivity index (χ0v) is 12.6. The van der Waals surface area contributed by atoms with E-state index in [-0.39, 0.29) is 11.6 Å². The van der Waals surface area contributed by atoms with Crippen LogP contribution in [0.4, 0.5) is 4.39 Å². The maximum absolute atomic E-state index is 12.9. The van der Waals surface area contributed by atoms with Crippen molar-refractivity contribution < 1.29 is 13.7 Å². The molecule has 0 unspecified atom stereocenters. The van der Waals surface area contributed by atoms with Crippen LogP contribution in [0.15, 0.2) is 53.2 Å². The first-order valence-electron chi connectivity index (χ1n) is 7.29. The van der Waals surface area contributed by atoms with Gasteiger partial charge in [-0.3, -0.25) is 9.78 Å². The number of aryl methyl sites for hydroxylation is 2. The molecule has 0 fully saturated rings. The second-order valence-corrected chi connectivity index (χ2v) is 5.30. The number of pyridine rings is 1. The summed E-state index contributed by atoms with van der Waals surface area (Å²) in [6, 6.07) is 11.4. The topological polar surface area (TPSA) is 56.0 Å². The Bertz CT molecular complexity index is 808. The first-order valence-corrected chi connectivity index (χ1v) is 7.29. The summed E-state index contributed by atoms with van der Waals surface area (Å²) in [6.07, 6.45) is 2.37. The minimum atomic E-state index is -0.297. The van der Waals surface area contributed by atoms with Crippen LogP contribution < -0.4 is 0 Å². The van der Waals surface area contributed by atoms with E-state index >= 15 is 0 Å². The normalized spacial score (nSPS) is 10.7. The smallest absolute Gasteiger partial charge is 0.164 e. The Kier molecular flexibility index (Phi) is 4.28. The molecule has 0 aliphatic rings.